The zero-order valence-corrected chi connectivity index (χ0v) is 80.9. The molecule has 14 nitrogen and oxygen atoms in total. The Balaban J connectivity index is -0.0000000431. The second-order valence-electron chi connectivity index (χ2n) is 10.8. The molecule has 0 fully saturated rings. The molecule has 0 aliphatic heterocycles. The van der Waals surface area contributed by atoms with E-state index in [1.165, 1.54) is 64.1 Å². The Morgan fingerprint density at radius 3 is 0.845 bits per heavy atom. The van der Waals surface area contributed by atoms with Crippen LogP contribution in [0.4, 0.5) is 34.1 Å². The van der Waals surface area contributed by atoms with Gasteiger partial charge in [0, 0.05) is 285 Å². The van der Waals surface area contributed by atoms with Crippen LogP contribution in [0.3, 0.4) is 0 Å². The van der Waals surface area contributed by atoms with Crippen LogP contribution in [0.2, 0.25) is 0 Å². The second kappa shape index (κ2) is 90.9. The third-order valence-electron chi connectivity index (χ3n) is 6.42. The predicted molar refractivity (Wildman–Crippen MR) is 370 cm³/mol. The Kier molecular flexibility index (Phi) is 143. The average Bonchev–Trinajstić information content (AvgIpc) is 3.39. The number of benzene rings is 6. The minimum absolute atomic E-state index is 0. The minimum Gasteiger partial charge on any atom is -0.399 e. The van der Waals surface area contributed by atoms with Gasteiger partial charge in [-0.15, -0.1) is 12.6 Å². The zero-order valence-electron chi connectivity index (χ0n) is 51.7. The molecule has 468 valence electrons. The number of rotatable bonds is 10. The van der Waals surface area contributed by atoms with Gasteiger partial charge in [-0.3, -0.25) is 30.3 Å². The number of non-ortho nitro benzene ring substituents is 3. The van der Waals surface area contributed by atoms with Gasteiger partial charge >= 0.3 is 50.5 Å². The number of nitrogen functional groups attached to an aromatic ring is 3. The van der Waals surface area contributed by atoms with Gasteiger partial charge in [-0.2, -0.15) is 0 Å². The monoisotopic (exact) mass is 2090 g/mol. The normalized spacial score (nSPS) is 7.67. The van der Waals surface area contributed by atoms with Crippen molar-refractivity contribution in [1.82, 2.24) is 0 Å². The number of nitrogens with two attached hydrogens (primary N) is 3. The zero-order chi connectivity index (χ0) is 56.7. The molecule has 6 radical (unpaired) electrons. The number of nitrogens with zero attached hydrogens (tertiary/aromatic N) is 3. The first-order chi connectivity index (χ1) is 34.4. The molecule has 6 aromatic rings. The van der Waals surface area contributed by atoms with Crippen molar-refractivity contribution in [1.29, 1.82) is 0 Å². The molecule has 0 aromatic heterocycles. The fourth-order valence-corrected chi connectivity index (χ4v) is 8.95. The first kappa shape index (κ1) is 132. The average molecular weight is 2090 g/mol. The molecule has 0 spiro atoms. The molecule has 0 unspecified atom stereocenters. The standard InChI is InChI=1S/C12H8N2O4S2.C12H12N2S2.C6H4ClNO4S.C6H7NS.6C2H6.6CH3.I3.6Y/c15-13(16)9-3-1-5-11(7-9)19-20-12-6-2-4-10(8-12)14(17)18;13-9-3-1-5-11(7-9)15-16-12-6-2-4-10(14)8-12;7-13(11,12)6-3-1-2-5(4-6)8(9)10;7-5-2-1-3-6(8)4-5;6*1-2;;;;;;;1-3-2;;;;;;/h1-8H;1-8H,13-14H2;1-4H;1-4,8H,7H2;6*1-2H3;6*1H3;;;;;;;/q;;;;;;;;;;7*-1;;;;;;. The maximum absolute atomic E-state index is 10.8. The first-order valence-electron chi connectivity index (χ1n) is 21.9. The topological polar surface area (TPSA) is 242 Å². The summed E-state index contributed by atoms with van der Waals surface area (Å²) in [6, 6.07) is 40.1. The minimum atomic E-state index is -3.89. The summed E-state index contributed by atoms with van der Waals surface area (Å²) in [5.41, 5.74) is 18.9. The molecule has 0 aliphatic rings. The summed E-state index contributed by atoms with van der Waals surface area (Å²) in [7, 11) is 7.08. The van der Waals surface area contributed by atoms with Crippen LogP contribution in [0, 0.1) is 74.9 Å². The van der Waals surface area contributed by atoms with Crippen molar-refractivity contribution < 1.29 is 233 Å². The maximum Gasteiger partial charge on any atom is 0.270 e. The Morgan fingerprint density at radius 1 is 0.417 bits per heavy atom. The van der Waals surface area contributed by atoms with Gasteiger partial charge in [0.25, 0.3) is 26.1 Å². The van der Waals surface area contributed by atoms with Crippen LogP contribution >= 0.6 is 104 Å². The molecule has 0 saturated carbocycles. The molecule has 6 rings (SSSR count). The molecule has 30 heteroatoms. The number of nitro groups is 3. The molecule has 0 amide bonds. The van der Waals surface area contributed by atoms with E-state index in [0.717, 1.165) is 47.6 Å². The van der Waals surface area contributed by atoms with E-state index in [1.807, 2.05) is 156 Å². The number of thiol groups is 1. The number of anilines is 3. The predicted octanol–water partition coefficient (Wildman–Crippen LogP) is 18.7. The summed E-state index contributed by atoms with van der Waals surface area (Å²) >= 11 is 9.37. The largest absolute Gasteiger partial charge is 0.399 e. The van der Waals surface area contributed by atoms with Gasteiger partial charge in [0.1, 0.15) is 0 Å². The van der Waals surface area contributed by atoms with E-state index in [2.05, 4.69) is 49.9 Å². The number of hydrogen-bond acceptors (Lipinski definition) is 16. The first-order valence-corrected chi connectivity index (χ1v) is 41.5. The van der Waals surface area contributed by atoms with Gasteiger partial charge in [-0.25, -0.2) is 8.42 Å². The summed E-state index contributed by atoms with van der Waals surface area (Å²) in [6.07, 6.45) is 0. The third-order valence-corrected chi connectivity index (χ3v) is 12.8. The Bertz CT molecular complexity index is 2390. The number of hydrogen-bond donors (Lipinski definition) is 4. The van der Waals surface area contributed by atoms with E-state index in [-0.39, 0.29) is 263 Å². The Labute approximate surface area is 716 Å². The van der Waals surface area contributed by atoms with Gasteiger partial charge < -0.3 is 61.8 Å². The number of halogens is 4. The summed E-state index contributed by atoms with van der Waals surface area (Å²) in [5, 5.41) is 31.6. The smallest absolute Gasteiger partial charge is 0.270 e. The van der Waals surface area contributed by atoms with E-state index in [4.69, 9.17) is 27.9 Å². The van der Waals surface area contributed by atoms with Gasteiger partial charge in [0.2, 0.25) is 0 Å². The molecule has 0 aliphatic carbocycles. The van der Waals surface area contributed by atoms with Crippen molar-refractivity contribution in [2.45, 2.75) is 112 Å². The van der Waals surface area contributed by atoms with Crippen LogP contribution in [0.15, 0.2) is 175 Å². The van der Waals surface area contributed by atoms with Crippen molar-refractivity contribution in [3.05, 3.63) is 220 Å². The molecule has 0 heterocycles. The van der Waals surface area contributed by atoms with Gasteiger partial charge in [0.05, 0.1) is 19.7 Å². The third kappa shape index (κ3) is 73.1. The fourth-order valence-electron chi connectivity index (χ4n) is 3.90. The van der Waals surface area contributed by atoms with Gasteiger partial charge in [-0.05, 0) is 72.8 Å². The van der Waals surface area contributed by atoms with Crippen molar-refractivity contribution in [3.63, 3.8) is 0 Å². The molecule has 84 heavy (non-hydrogen) atoms. The molecule has 0 bridgehead atoms. The molecule has 6 aromatic carbocycles. The summed E-state index contributed by atoms with van der Waals surface area (Å²) in [6.45, 7) is 24.0. The second-order valence-corrected chi connectivity index (χ2v) is 34.7. The SMILES string of the molecule is CC.CC.CC.CC.CC.CC.I[I-]I.Nc1cccc(S)c1.Nc1cccc(SSc2cccc(N)c2)c1.O=[N+]([O-])c1cccc(S(=O)(=O)Cl)c1.O=[N+]([O-])c1cccc(SSc2cccc([N+](=O)[O-])c2)c1.[CH3-].[CH3-].[CH3-].[CH3-].[CH3-].[CH3-].[Y].[Y].[Y].[Y].[Y].[Y]. The number of nitro benzene ring substituents is 3. The molecular weight excluding hydrogens is 2000 g/mol. The van der Waals surface area contributed by atoms with E-state index >= 15 is 0 Å². The van der Waals surface area contributed by atoms with Crippen LogP contribution in [-0.2, 0) is 205 Å². The molecule has 0 saturated heterocycles. The van der Waals surface area contributed by atoms with Crippen LogP contribution in [-0.4, -0.2) is 23.2 Å². The van der Waals surface area contributed by atoms with Crippen molar-refractivity contribution in [2.24, 2.45) is 0 Å². The quantitative estimate of drug-likeness (QED) is 0.0146. The van der Waals surface area contributed by atoms with Crippen molar-refractivity contribution in [2.75, 3.05) is 17.2 Å². The maximum atomic E-state index is 10.8. The van der Waals surface area contributed by atoms with Gasteiger partial charge in [0.15, 0.2) is 0 Å². The summed E-state index contributed by atoms with van der Waals surface area (Å²) < 4.78 is 21.5. The summed E-state index contributed by atoms with van der Waals surface area (Å²) in [4.78, 5) is 34.3. The van der Waals surface area contributed by atoms with Crippen molar-refractivity contribution >= 4 is 147 Å². The van der Waals surface area contributed by atoms with Gasteiger partial charge in [-0.1, -0.05) is 163 Å². The fraction of sp³-hybridized carbons (Fsp3) is 0.222. The Hall–Kier alpha value is 3.72. The summed E-state index contributed by atoms with van der Waals surface area (Å²) in [5.74, 6) is 0. The van der Waals surface area contributed by atoms with Crippen LogP contribution in [0.1, 0.15) is 83.1 Å². The van der Waals surface area contributed by atoms with E-state index in [0.29, 0.717) is 13.3 Å². The van der Waals surface area contributed by atoms with E-state index < -0.39 is 23.8 Å². The van der Waals surface area contributed by atoms with E-state index in [1.54, 1.807) is 45.9 Å². The molecular formula is C54H85ClI3N6O8S6Y6-7. The van der Waals surface area contributed by atoms with Crippen molar-refractivity contribution in [3.8, 4) is 0 Å². The van der Waals surface area contributed by atoms with Crippen LogP contribution in [0.5, 0.6) is 0 Å². The van der Waals surface area contributed by atoms with Crippen LogP contribution in [0.25, 0.3) is 0 Å². The van der Waals surface area contributed by atoms with Crippen LogP contribution < -0.4 is 30.5 Å². The Morgan fingerprint density at radius 2 is 0.631 bits per heavy atom. The molecule has 0 atom stereocenters. The van der Waals surface area contributed by atoms with E-state index in [9.17, 15) is 38.8 Å². The molecule has 6 N–H and O–H groups in total.